The highest BCUT2D eigenvalue weighted by Crippen LogP contribution is 2.37. The molecular formula is C17H25N5O4S. The third-order valence-corrected chi connectivity index (χ3v) is 7.34. The summed E-state index contributed by atoms with van der Waals surface area (Å²) in [6.07, 6.45) is 0.436. The molecule has 9 nitrogen and oxygen atoms in total. The average Bonchev–Trinajstić information content (AvgIpc) is 3.13. The molecule has 1 aliphatic rings. The number of nitrogens with one attached hydrogen (secondary N) is 2. The van der Waals surface area contributed by atoms with Crippen molar-refractivity contribution in [2.45, 2.75) is 52.0 Å². The zero-order chi connectivity index (χ0) is 20.1. The minimum Gasteiger partial charge on any atom is -0.370 e. The molecule has 0 bridgehead atoms. The van der Waals surface area contributed by atoms with Gasteiger partial charge in [0, 0.05) is 34.9 Å². The standard InChI is InChI=1S/C17H25N5O4S/c1-9-15(16(24)20-19-9)12(7-13(18)23)14-10(2)21-22(11(14)3)17(4)5-6-27(25,26)8-17/h12H,5-8H2,1-4H3,(H2,18,23)(H2,19,20,24)/t12-,17+/m0/s1. The number of nitrogens with two attached hydrogens (primary N) is 1. The predicted octanol–water partition coefficient (Wildman–Crippen LogP) is 0.366. The molecule has 2 aromatic heterocycles. The first-order chi connectivity index (χ1) is 12.4. The van der Waals surface area contributed by atoms with Crippen molar-refractivity contribution in [3.8, 4) is 0 Å². The molecule has 0 saturated carbocycles. The molecule has 2 atom stereocenters. The first-order valence-electron chi connectivity index (χ1n) is 8.77. The van der Waals surface area contributed by atoms with Crippen LogP contribution in [0.5, 0.6) is 0 Å². The molecule has 0 radical (unpaired) electrons. The third kappa shape index (κ3) is 3.33. The smallest absolute Gasteiger partial charge is 0.267 e. The van der Waals surface area contributed by atoms with Gasteiger partial charge >= 0.3 is 0 Å². The molecule has 3 heterocycles. The maximum Gasteiger partial charge on any atom is 0.267 e. The number of rotatable bonds is 5. The van der Waals surface area contributed by atoms with Crippen LogP contribution < -0.4 is 11.3 Å². The third-order valence-electron chi connectivity index (χ3n) is 5.46. The van der Waals surface area contributed by atoms with Crippen molar-refractivity contribution in [3.63, 3.8) is 0 Å². The van der Waals surface area contributed by atoms with Gasteiger partial charge in [-0.15, -0.1) is 0 Å². The van der Waals surface area contributed by atoms with Crippen LogP contribution >= 0.6 is 0 Å². The maximum absolute atomic E-state index is 12.3. The Labute approximate surface area is 157 Å². The fourth-order valence-corrected chi connectivity index (χ4v) is 6.38. The summed E-state index contributed by atoms with van der Waals surface area (Å²) in [6.45, 7) is 7.27. The molecule has 27 heavy (non-hydrogen) atoms. The lowest BCUT2D eigenvalue weighted by Gasteiger charge is -2.25. The first kappa shape index (κ1) is 19.4. The lowest BCUT2D eigenvalue weighted by molar-refractivity contribution is -0.118. The number of aromatic amines is 2. The van der Waals surface area contributed by atoms with Crippen LogP contribution in [0, 0.1) is 20.8 Å². The highest BCUT2D eigenvalue weighted by molar-refractivity contribution is 7.91. The second-order valence-electron chi connectivity index (χ2n) is 7.68. The molecule has 1 amide bonds. The summed E-state index contributed by atoms with van der Waals surface area (Å²) < 4.78 is 25.8. The molecule has 0 spiro atoms. The summed E-state index contributed by atoms with van der Waals surface area (Å²) in [6, 6.07) is 0. The van der Waals surface area contributed by atoms with Crippen LogP contribution in [0.1, 0.15) is 53.9 Å². The lowest BCUT2D eigenvalue weighted by atomic mass is 9.87. The summed E-state index contributed by atoms with van der Waals surface area (Å²) in [5, 5.41) is 9.93. The van der Waals surface area contributed by atoms with Crippen LogP contribution in [0.15, 0.2) is 4.79 Å². The number of amides is 1. The number of hydrogen-bond acceptors (Lipinski definition) is 5. The zero-order valence-electron chi connectivity index (χ0n) is 15.9. The number of primary amides is 1. The van der Waals surface area contributed by atoms with Crippen LogP contribution in [0.25, 0.3) is 0 Å². The van der Waals surface area contributed by atoms with E-state index in [9.17, 15) is 18.0 Å². The number of aryl methyl sites for hydroxylation is 2. The molecule has 148 valence electrons. The summed E-state index contributed by atoms with van der Waals surface area (Å²) in [5.41, 5.74) is 7.73. The number of sulfone groups is 1. The largest absolute Gasteiger partial charge is 0.370 e. The van der Waals surface area contributed by atoms with E-state index >= 15 is 0 Å². The van der Waals surface area contributed by atoms with Crippen molar-refractivity contribution in [1.29, 1.82) is 0 Å². The fourth-order valence-electron chi connectivity index (χ4n) is 4.27. The molecule has 0 aliphatic carbocycles. The predicted molar refractivity (Wildman–Crippen MR) is 100 cm³/mol. The van der Waals surface area contributed by atoms with E-state index in [4.69, 9.17) is 5.73 Å². The van der Waals surface area contributed by atoms with Gasteiger partial charge in [0.2, 0.25) is 5.91 Å². The van der Waals surface area contributed by atoms with E-state index in [0.29, 0.717) is 23.4 Å². The van der Waals surface area contributed by atoms with Crippen molar-refractivity contribution >= 4 is 15.7 Å². The summed E-state index contributed by atoms with van der Waals surface area (Å²) >= 11 is 0. The van der Waals surface area contributed by atoms with Gasteiger partial charge in [0.05, 0.1) is 22.7 Å². The van der Waals surface area contributed by atoms with Crippen LogP contribution in [0.2, 0.25) is 0 Å². The quantitative estimate of drug-likeness (QED) is 0.670. The monoisotopic (exact) mass is 395 g/mol. The first-order valence-corrected chi connectivity index (χ1v) is 10.6. The fraction of sp³-hybridized carbons (Fsp3) is 0.588. The van der Waals surface area contributed by atoms with Crippen molar-refractivity contribution in [1.82, 2.24) is 20.0 Å². The molecule has 0 aromatic carbocycles. The van der Waals surface area contributed by atoms with Gasteiger partial charge in [0.1, 0.15) is 0 Å². The molecule has 3 rings (SSSR count). The van der Waals surface area contributed by atoms with E-state index < -0.39 is 27.2 Å². The maximum atomic E-state index is 12.3. The molecule has 1 aliphatic heterocycles. The summed E-state index contributed by atoms with van der Waals surface area (Å²) in [4.78, 5) is 24.1. The number of hydrogen-bond donors (Lipinski definition) is 3. The van der Waals surface area contributed by atoms with Gasteiger partial charge in [0.15, 0.2) is 9.84 Å². The minimum absolute atomic E-state index is 0.0195. The Bertz CT molecular complexity index is 1060. The van der Waals surface area contributed by atoms with Gasteiger partial charge in [-0.25, -0.2) is 8.42 Å². The number of aromatic nitrogens is 4. The average molecular weight is 395 g/mol. The van der Waals surface area contributed by atoms with Gasteiger partial charge < -0.3 is 10.8 Å². The molecule has 4 N–H and O–H groups in total. The van der Waals surface area contributed by atoms with Crippen molar-refractivity contribution in [3.05, 3.63) is 38.6 Å². The van der Waals surface area contributed by atoms with Crippen molar-refractivity contribution in [2.75, 3.05) is 11.5 Å². The molecule has 1 saturated heterocycles. The summed E-state index contributed by atoms with van der Waals surface area (Å²) in [5.74, 6) is -0.932. The Balaban J connectivity index is 2.17. The van der Waals surface area contributed by atoms with Crippen molar-refractivity contribution < 1.29 is 13.2 Å². The second-order valence-corrected chi connectivity index (χ2v) is 9.86. The van der Waals surface area contributed by atoms with Gasteiger partial charge in [-0.2, -0.15) is 5.10 Å². The highest BCUT2D eigenvalue weighted by atomic mass is 32.2. The number of carbonyl (C=O) groups excluding carboxylic acids is 1. The SMILES string of the molecule is Cc1nn([C@]2(C)CCS(=O)(=O)C2)c(C)c1[C@H](CC(N)=O)c1c(C)[nH][nH]c1=O. The molecular weight excluding hydrogens is 370 g/mol. The van der Waals surface area contributed by atoms with E-state index in [2.05, 4.69) is 15.3 Å². The minimum atomic E-state index is -3.11. The topological polar surface area (TPSA) is 144 Å². The zero-order valence-corrected chi connectivity index (χ0v) is 16.7. The van der Waals surface area contributed by atoms with Crippen molar-refractivity contribution in [2.24, 2.45) is 5.73 Å². The van der Waals surface area contributed by atoms with Gasteiger partial charge in [-0.3, -0.25) is 19.4 Å². The van der Waals surface area contributed by atoms with E-state index in [1.807, 2.05) is 13.8 Å². The Morgan fingerprint density at radius 1 is 1.30 bits per heavy atom. The number of nitrogens with zero attached hydrogens (tertiary/aromatic N) is 2. The van der Waals surface area contributed by atoms with E-state index in [-0.39, 0.29) is 23.5 Å². The Hall–Kier alpha value is -2.36. The highest BCUT2D eigenvalue weighted by Gasteiger charge is 2.42. The van der Waals surface area contributed by atoms with Crippen LogP contribution in [-0.4, -0.2) is 45.8 Å². The van der Waals surface area contributed by atoms with Crippen LogP contribution in [-0.2, 0) is 20.2 Å². The van der Waals surface area contributed by atoms with E-state index in [0.717, 1.165) is 11.3 Å². The van der Waals surface area contributed by atoms with Gasteiger partial charge in [-0.05, 0) is 34.1 Å². The van der Waals surface area contributed by atoms with Crippen LogP contribution in [0.3, 0.4) is 0 Å². The van der Waals surface area contributed by atoms with Crippen LogP contribution in [0.4, 0.5) is 0 Å². The normalized spacial score (nSPS) is 22.8. The Kier molecular flexibility index (Phi) is 4.57. The number of H-pyrrole nitrogens is 2. The van der Waals surface area contributed by atoms with Gasteiger partial charge in [-0.1, -0.05) is 0 Å². The van der Waals surface area contributed by atoms with E-state index in [1.165, 1.54) is 0 Å². The molecule has 1 fully saturated rings. The molecule has 0 unspecified atom stereocenters. The molecule has 10 heteroatoms. The lowest BCUT2D eigenvalue weighted by Crippen LogP contribution is -2.33. The number of carbonyl (C=O) groups is 1. The molecule has 2 aromatic rings. The van der Waals surface area contributed by atoms with Gasteiger partial charge in [0.25, 0.3) is 5.56 Å². The Morgan fingerprint density at radius 3 is 2.44 bits per heavy atom. The Morgan fingerprint density at radius 2 is 1.96 bits per heavy atom. The summed E-state index contributed by atoms with van der Waals surface area (Å²) in [7, 11) is -3.11. The second kappa shape index (κ2) is 6.36. The van der Waals surface area contributed by atoms with E-state index in [1.54, 1.807) is 18.5 Å².